The second-order valence-electron chi connectivity index (χ2n) is 2.73. The van der Waals surface area contributed by atoms with E-state index in [-0.39, 0.29) is 0 Å². The monoisotopic (exact) mass is 203 g/mol. The summed E-state index contributed by atoms with van der Waals surface area (Å²) in [6.07, 6.45) is 1.41. The van der Waals surface area contributed by atoms with Crippen molar-refractivity contribution in [2.75, 3.05) is 6.54 Å². The number of hydrogen-bond acceptors (Lipinski definition) is 6. The van der Waals surface area contributed by atoms with Gasteiger partial charge in [-0.25, -0.2) is 24.2 Å². The number of nitrogens with one attached hydrogen (secondary N) is 1. The third-order valence-electron chi connectivity index (χ3n) is 1.72. The third kappa shape index (κ3) is 2.70. The van der Waals surface area contributed by atoms with Gasteiger partial charge in [0.15, 0.2) is 0 Å². The molecule has 0 amide bonds. The maximum Gasteiger partial charge on any atom is 0.462 e. The molecule has 0 radical (unpaired) electrons. The van der Waals surface area contributed by atoms with Crippen LogP contribution < -0.4 is 5.32 Å². The second kappa shape index (κ2) is 4.56. The van der Waals surface area contributed by atoms with Crippen LogP contribution in [0.3, 0.4) is 0 Å². The van der Waals surface area contributed by atoms with Crippen LogP contribution in [0.1, 0.15) is 12.8 Å². The van der Waals surface area contributed by atoms with E-state index in [4.69, 9.17) is 5.11 Å². The highest BCUT2D eigenvalue weighted by Crippen LogP contribution is 2.06. The summed E-state index contributed by atoms with van der Waals surface area (Å²) in [5, 5.41) is 10.9. The highest BCUT2D eigenvalue weighted by atomic mass is 17.2. The van der Waals surface area contributed by atoms with E-state index in [0.29, 0.717) is 13.0 Å². The Kier molecular flexibility index (Phi) is 3.41. The lowest BCUT2D eigenvalue weighted by Crippen LogP contribution is -2.33. The molecule has 1 aliphatic rings. The van der Waals surface area contributed by atoms with Crippen LogP contribution in [0.25, 0.3) is 0 Å². The fourth-order valence-corrected chi connectivity index (χ4v) is 1.06. The summed E-state index contributed by atoms with van der Waals surface area (Å²) in [6, 6.07) is -0.517. The van der Waals surface area contributed by atoms with Crippen LogP contribution in [0, 0.1) is 0 Å². The molecule has 7 nitrogen and oxygen atoms in total. The van der Waals surface area contributed by atoms with E-state index in [1.807, 2.05) is 0 Å². The number of carbonyl (C=O) groups excluding carboxylic acids is 2. The molecule has 0 saturated carbocycles. The van der Waals surface area contributed by atoms with Crippen LogP contribution in [0.15, 0.2) is 0 Å². The smallest absolute Gasteiger partial charge is 0.462 e. The number of hydrogen-bond donors (Lipinski definition) is 2. The number of aliphatic carboxylic acids is 1. The van der Waals surface area contributed by atoms with Gasteiger partial charge in [0.05, 0.1) is 0 Å². The van der Waals surface area contributed by atoms with Gasteiger partial charge in [-0.15, -0.1) is 0 Å². The summed E-state index contributed by atoms with van der Waals surface area (Å²) in [5.41, 5.74) is 0. The molecule has 2 N–H and O–H groups in total. The second-order valence-corrected chi connectivity index (χ2v) is 2.73. The molecule has 1 atom stereocenters. The first-order valence-electron chi connectivity index (χ1n) is 4.00. The lowest BCUT2D eigenvalue weighted by Gasteiger charge is -2.06. The predicted octanol–water partition coefficient (Wildman–Crippen LogP) is -1.18. The van der Waals surface area contributed by atoms with E-state index >= 15 is 0 Å². The van der Waals surface area contributed by atoms with Crippen LogP contribution in [0.4, 0.5) is 0 Å². The predicted molar refractivity (Wildman–Crippen MR) is 40.8 cm³/mol. The molecule has 0 aromatic heterocycles. The highest BCUT2D eigenvalue weighted by Gasteiger charge is 2.26. The van der Waals surface area contributed by atoms with Crippen LogP contribution in [0.5, 0.6) is 0 Å². The summed E-state index contributed by atoms with van der Waals surface area (Å²) < 4.78 is 0. The molecular formula is C7H9NO6. The Morgan fingerprint density at radius 3 is 2.50 bits per heavy atom. The summed E-state index contributed by atoms with van der Waals surface area (Å²) in [7, 11) is 0. The first-order chi connectivity index (χ1) is 6.61. The van der Waals surface area contributed by atoms with E-state index in [1.165, 1.54) is 0 Å². The number of carbonyl (C=O) groups is 3. The van der Waals surface area contributed by atoms with E-state index in [2.05, 4.69) is 15.1 Å². The van der Waals surface area contributed by atoms with Gasteiger partial charge in [-0.1, -0.05) is 0 Å². The molecule has 1 heterocycles. The molecule has 78 valence electrons. The molecule has 14 heavy (non-hydrogen) atoms. The zero-order valence-electron chi connectivity index (χ0n) is 7.19. The van der Waals surface area contributed by atoms with Crippen LogP contribution in [-0.4, -0.2) is 35.6 Å². The Bertz CT molecular complexity index is 257. The molecular weight excluding hydrogens is 194 g/mol. The van der Waals surface area contributed by atoms with Crippen molar-refractivity contribution in [1.29, 1.82) is 0 Å². The van der Waals surface area contributed by atoms with Crippen molar-refractivity contribution in [3.8, 4) is 0 Å². The van der Waals surface area contributed by atoms with Crippen LogP contribution in [0.2, 0.25) is 0 Å². The van der Waals surface area contributed by atoms with Gasteiger partial charge < -0.3 is 10.4 Å². The molecule has 1 saturated heterocycles. The zero-order chi connectivity index (χ0) is 10.6. The van der Waals surface area contributed by atoms with Gasteiger partial charge in [0.25, 0.3) is 0 Å². The Labute approximate surface area is 78.9 Å². The largest absolute Gasteiger partial charge is 0.473 e. The average molecular weight is 203 g/mol. The van der Waals surface area contributed by atoms with Crippen LogP contribution >= 0.6 is 0 Å². The Balaban J connectivity index is 2.27. The first kappa shape index (κ1) is 10.5. The van der Waals surface area contributed by atoms with E-state index in [0.717, 1.165) is 6.42 Å². The van der Waals surface area contributed by atoms with E-state index in [1.54, 1.807) is 0 Å². The molecule has 0 aromatic carbocycles. The lowest BCUT2D eigenvalue weighted by molar-refractivity contribution is -0.260. The zero-order valence-corrected chi connectivity index (χ0v) is 7.19. The summed E-state index contributed by atoms with van der Waals surface area (Å²) >= 11 is 0. The summed E-state index contributed by atoms with van der Waals surface area (Å²) in [4.78, 5) is 39.1. The van der Waals surface area contributed by atoms with Gasteiger partial charge in [0.2, 0.25) is 0 Å². The van der Waals surface area contributed by atoms with Crippen molar-refractivity contribution in [3.05, 3.63) is 0 Å². The fraction of sp³-hybridized carbons (Fsp3) is 0.571. The van der Waals surface area contributed by atoms with Crippen molar-refractivity contribution in [1.82, 2.24) is 5.32 Å². The van der Waals surface area contributed by atoms with Gasteiger partial charge in [-0.2, -0.15) is 0 Å². The van der Waals surface area contributed by atoms with Crippen molar-refractivity contribution in [3.63, 3.8) is 0 Å². The number of rotatable bonds is 1. The summed E-state index contributed by atoms with van der Waals surface area (Å²) in [5.74, 6) is -4.20. The minimum Gasteiger partial charge on any atom is -0.473 e. The summed E-state index contributed by atoms with van der Waals surface area (Å²) in [6.45, 7) is 0.687. The highest BCUT2D eigenvalue weighted by molar-refractivity contribution is 6.28. The molecule has 1 aliphatic heterocycles. The normalized spacial score (nSPS) is 20.1. The molecule has 0 aliphatic carbocycles. The van der Waals surface area contributed by atoms with Crippen molar-refractivity contribution in [2.45, 2.75) is 18.9 Å². The first-order valence-corrected chi connectivity index (χ1v) is 4.00. The molecule has 7 heteroatoms. The molecule has 1 rings (SSSR count). The minimum atomic E-state index is -1.81. The molecule has 0 bridgehead atoms. The van der Waals surface area contributed by atoms with E-state index in [9.17, 15) is 14.4 Å². The maximum absolute atomic E-state index is 11.0. The van der Waals surface area contributed by atoms with Crippen LogP contribution in [-0.2, 0) is 24.2 Å². The molecule has 1 unspecified atom stereocenters. The van der Waals surface area contributed by atoms with Gasteiger partial charge >= 0.3 is 17.9 Å². The Morgan fingerprint density at radius 2 is 2.00 bits per heavy atom. The van der Waals surface area contributed by atoms with Gasteiger partial charge in [0, 0.05) is 0 Å². The Morgan fingerprint density at radius 1 is 1.29 bits per heavy atom. The van der Waals surface area contributed by atoms with Crippen molar-refractivity contribution < 1.29 is 29.3 Å². The number of carboxylic acid groups (broad SMARTS) is 1. The quantitative estimate of drug-likeness (QED) is 0.314. The van der Waals surface area contributed by atoms with Gasteiger partial charge in [-0.05, 0) is 19.4 Å². The topological polar surface area (TPSA) is 102 Å². The fourth-order valence-electron chi connectivity index (χ4n) is 1.06. The molecule has 0 spiro atoms. The van der Waals surface area contributed by atoms with Gasteiger partial charge in [-0.3, -0.25) is 0 Å². The maximum atomic E-state index is 11.0. The number of carboxylic acids is 1. The van der Waals surface area contributed by atoms with E-state index < -0.39 is 23.9 Å². The standard InChI is InChI=1S/C7H9NO6/c9-5(10)7(12)14-13-6(11)4-2-1-3-8-4/h4,8H,1-3H2,(H,9,10). The molecule has 0 aromatic rings. The van der Waals surface area contributed by atoms with Gasteiger partial charge in [0.1, 0.15) is 6.04 Å². The molecule has 1 fully saturated rings. The average Bonchev–Trinajstić information content (AvgIpc) is 2.66. The van der Waals surface area contributed by atoms with Crippen molar-refractivity contribution >= 4 is 17.9 Å². The third-order valence-corrected chi connectivity index (χ3v) is 1.72. The SMILES string of the molecule is O=C(O)C(=O)OOC(=O)C1CCCN1. The lowest BCUT2D eigenvalue weighted by atomic mass is 10.2. The minimum absolute atomic E-state index is 0.517. The Hall–Kier alpha value is -1.63. The van der Waals surface area contributed by atoms with Crippen molar-refractivity contribution in [2.24, 2.45) is 0 Å².